The van der Waals surface area contributed by atoms with Crippen LogP contribution in [0.5, 0.6) is 0 Å². The number of ether oxygens (including phenoxy) is 1. The zero-order valence-corrected chi connectivity index (χ0v) is 10.2. The number of hydrogen-bond donors (Lipinski definition) is 2. The van der Waals surface area contributed by atoms with Crippen molar-refractivity contribution in [1.82, 2.24) is 10.3 Å². The Morgan fingerprint density at radius 2 is 2.53 bits per heavy atom. The number of aromatic nitrogens is 1. The number of nitrogens with one attached hydrogen (secondary N) is 1. The van der Waals surface area contributed by atoms with Crippen LogP contribution in [0, 0.1) is 6.92 Å². The molecule has 0 amide bonds. The fraction of sp³-hybridized carbons (Fsp3) is 0.615. The van der Waals surface area contributed by atoms with E-state index in [1.807, 2.05) is 19.2 Å². The Balaban J connectivity index is 1.94. The number of rotatable bonds is 5. The largest absolute Gasteiger partial charge is 0.394 e. The van der Waals surface area contributed by atoms with Crippen molar-refractivity contribution >= 4 is 0 Å². The number of hydrogen-bond acceptors (Lipinski definition) is 4. The van der Waals surface area contributed by atoms with Gasteiger partial charge in [0, 0.05) is 25.5 Å². The molecular weight excluding hydrogens is 216 g/mol. The average molecular weight is 236 g/mol. The van der Waals surface area contributed by atoms with E-state index in [4.69, 9.17) is 4.74 Å². The molecule has 1 aliphatic heterocycles. The van der Waals surface area contributed by atoms with Crippen LogP contribution in [0.25, 0.3) is 0 Å². The molecule has 4 heteroatoms. The molecule has 0 saturated carbocycles. The lowest BCUT2D eigenvalue weighted by atomic mass is 10.0. The second-order valence-corrected chi connectivity index (χ2v) is 4.51. The van der Waals surface area contributed by atoms with Crippen molar-refractivity contribution in [1.29, 1.82) is 0 Å². The highest BCUT2D eigenvalue weighted by molar-refractivity contribution is 5.25. The third-order valence-corrected chi connectivity index (χ3v) is 3.25. The lowest BCUT2D eigenvalue weighted by Gasteiger charge is -2.20. The molecule has 2 heterocycles. The molecule has 2 N–H and O–H groups in total. The summed E-state index contributed by atoms with van der Waals surface area (Å²) in [5.74, 6) is 0. The second kappa shape index (κ2) is 6.10. The minimum atomic E-state index is -0.0482. The first-order valence-electron chi connectivity index (χ1n) is 6.17. The van der Waals surface area contributed by atoms with Gasteiger partial charge in [0.2, 0.25) is 0 Å². The van der Waals surface area contributed by atoms with Crippen molar-refractivity contribution < 1.29 is 9.84 Å². The second-order valence-electron chi connectivity index (χ2n) is 4.51. The van der Waals surface area contributed by atoms with E-state index in [1.54, 1.807) is 6.20 Å². The van der Waals surface area contributed by atoms with Crippen molar-refractivity contribution in [3.05, 3.63) is 29.6 Å². The van der Waals surface area contributed by atoms with Gasteiger partial charge < -0.3 is 15.2 Å². The quantitative estimate of drug-likeness (QED) is 0.806. The van der Waals surface area contributed by atoms with Gasteiger partial charge in [-0.05, 0) is 37.0 Å². The van der Waals surface area contributed by atoms with Gasteiger partial charge in [0.1, 0.15) is 0 Å². The Hall–Kier alpha value is -0.970. The molecule has 0 radical (unpaired) electrons. The summed E-state index contributed by atoms with van der Waals surface area (Å²) in [5.41, 5.74) is 2.21. The van der Waals surface area contributed by atoms with Crippen LogP contribution in [0.15, 0.2) is 18.5 Å². The summed E-state index contributed by atoms with van der Waals surface area (Å²) in [6.07, 6.45) is 6.13. The van der Waals surface area contributed by atoms with Gasteiger partial charge in [-0.15, -0.1) is 0 Å². The summed E-state index contributed by atoms with van der Waals surface area (Å²) in [6, 6.07) is 1.92. The van der Waals surface area contributed by atoms with Gasteiger partial charge in [0.15, 0.2) is 0 Å². The third kappa shape index (κ3) is 3.25. The molecule has 0 bridgehead atoms. The Morgan fingerprint density at radius 3 is 3.18 bits per heavy atom. The summed E-state index contributed by atoms with van der Waals surface area (Å²) >= 11 is 0. The molecule has 2 atom stereocenters. The molecule has 1 saturated heterocycles. The summed E-state index contributed by atoms with van der Waals surface area (Å²) in [5, 5.41) is 12.8. The number of aryl methyl sites for hydroxylation is 1. The molecule has 0 aromatic carbocycles. The summed E-state index contributed by atoms with van der Waals surface area (Å²) in [6.45, 7) is 3.77. The van der Waals surface area contributed by atoms with Gasteiger partial charge in [-0.2, -0.15) is 0 Å². The molecule has 1 aromatic rings. The van der Waals surface area contributed by atoms with Gasteiger partial charge in [-0.1, -0.05) is 0 Å². The fourth-order valence-electron chi connectivity index (χ4n) is 2.19. The van der Waals surface area contributed by atoms with Crippen LogP contribution in [0.3, 0.4) is 0 Å². The van der Waals surface area contributed by atoms with Crippen LogP contribution < -0.4 is 5.32 Å². The smallest absolute Gasteiger partial charge is 0.0700 e. The minimum absolute atomic E-state index is 0.0482. The van der Waals surface area contributed by atoms with Gasteiger partial charge >= 0.3 is 0 Å². The fourth-order valence-corrected chi connectivity index (χ4v) is 2.19. The Morgan fingerprint density at radius 1 is 1.65 bits per heavy atom. The first kappa shape index (κ1) is 12.5. The van der Waals surface area contributed by atoms with Crippen molar-refractivity contribution in [3.63, 3.8) is 0 Å². The van der Waals surface area contributed by atoms with Gasteiger partial charge in [0.25, 0.3) is 0 Å². The monoisotopic (exact) mass is 236 g/mol. The molecule has 2 unspecified atom stereocenters. The molecule has 1 aliphatic rings. The number of aliphatic hydroxyl groups is 1. The molecule has 2 rings (SSSR count). The molecule has 4 nitrogen and oxygen atoms in total. The maximum atomic E-state index is 9.45. The maximum absolute atomic E-state index is 9.45. The molecule has 0 aliphatic carbocycles. The van der Waals surface area contributed by atoms with E-state index in [0.717, 1.165) is 37.1 Å². The first-order valence-corrected chi connectivity index (χ1v) is 6.17. The lowest BCUT2D eigenvalue weighted by Crippen LogP contribution is -2.32. The minimum Gasteiger partial charge on any atom is -0.394 e. The van der Waals surface area contributed by atoms with E-state index in [-0.39, 0.29) is 12.6 Å². The van der Waals surface area contributed by atoms with Crippen molar-refractivity contribution in [2.45, 2.75) is 31.9 Å². The van der Waals surface area contributed by atoms with Crippen LogP contribution in [0.1, 0.15) is 30.0 Å². The summed E-state index contributed by atoms with van der Waals surface area (Å²) < 4.78 is 5.55. The van der Waals surface area contributed by atoms with Crippen LogP contribution in [-0.4, -0.2) is 36.0 Å². The molecule has 94 valence electrons. The summed E-state index contributed by atoms with van der Waals surface area (Å²) in [4.78, 5) is 4.11. The molecule has 17 heavy (non-hydrogen) atoms. The van der Waals surface area contributed by atoms with Crippen LogP contribution >= 0.6 is 0 Å². The van der Waals surface area contributed by atoms with Gasteiger partial charge in [-0.3, -0.25) is 4.98 Å². The lowest BCUT2D eigenvalue weighted by molar-refractivity contribution is 0.104. The normalized spacial score (nSPS) is 21.6. The SMILES string of the molecule is Cc1ccncc1C(CO)NCC1CCCO1. The third-order valence-electron chi connectivity index (χ3n) is 3.25. The zero-order chi connectivity index (χ0) is 12.1. The number of nitrogens with zero attached hydrogens (tertiary/aromatic N) is 1. The highest BCUT2D eigenvalue weighted by Crippen LogP contribution is 2.17. The highest BCUT2D eigenvalue weighted by atomic mass is 16.5. The molecular formula is C13H20N2O2. The van der Waals surface area contributed by atoms with Crippen molar-refractivity contribution in [2.24, 2.45) is 0 Å². The van der Waals surface area contributed by atoms with E-state index in [0.29, 0.717) is 6.10 Å². The van der Waals surface area contributed by atoms with Crippen LogP contribution in [0.4, 0.5) is 0 Å². The van der Waals surface area contributed by atoms with Crippen molar-refractivity contribution in [2.75, 3.05) is 19.8 Å². The predicted molar refractivity (Wildman–Crippen MR) is 65.8 cm³/mol. The van der Waals surface area contributed by atoms with E-state index >= 15 is 0 Å². The Bertz CT molecular complexity index is 351. The standard InChI is InChI=1S/C13H20N2O2/c1-10-4-5-14-8-12(10)13(9-16)15-7-11-3-2-6-17-11/h4-5,8,11,13,15-16H,2-3,6-7,9H2,1H3. The number of aliphatic hydroxyl groups excluding tert-OH is 1. The summed E-state index contributed by atoms with van der Waals surface area (Å²) in [7, 11) is 0. The topological polar surface area (TPSA) is 54.4 Å². The van der Waals surface area contributed by atoms with Crippen LogP contribution in [0.2, 0.25) is 0 Å². The zero-order valence-electron chi connectivity index (χ0n) is 10.2. The van der Waals surface area contributed by atoms with E-state index < -0.39 is 0 Å². The van der Waals surface area contributed by atoms with Gasteiger partial charge in [-0.25, -0.2) is 0 Å². The van der Waals surface area contributed by atoms with Crippen LogP contribution in [-0.2, 0) is 4.74 Å². The molecule has 0 spiro atoms. The highest BCUT2D eigenvalue weighted by Gasteiger charge is 2.18. The Labute approximate surface area is 102 Å². The van der Waals surface area contributed by atoms with Gasteiger partial charge in [0.05, 0.1) is 18.8 Å². The first-order chi connectivity index (χ1) is 8.31. The maximum Gasteiger partial charge on any atom is 0.0700 e. The predicted octanol–water partition coefficient (Wildman–Crippen LogP) is 1.19. The van der Waals surface area contributed by atoms with E-state index in [9.17, 15) is 5.11 Å². The van der Waals surface area contributed by atoms with E-state index in [2.05, 4.69) is 10.3 Å². The van der Waals surface area contributed by atoms with Crippen molar-refractivity contribution in [3.8, 4) is 0 Å². The molecule has 1 fully saturated rings. The Kier molecular flexibility index (Phi) is 4.48. The van der Waals surface area contributed by atoms with E-state index in [1.165, 1.54) is 0 Å². The number of pyridine rings is 1. The average Bonchev–Trinajstić information content (AvgIpc) is 2.85. The molecule has 1 aromatic heterocycles.